The number of nitrogens with two attached hydrogens (primary N) is 1. The van der Waals surface area contributed by atoms with Crippen LogP contribution in [0.1, 0.15) is 45.1 Å². The van der Waals surface area contributed by atoms with Crippen LogP contribution in [0.4, 0.5) is 0 Å². The molecule has 0 bridgehead atoms. The maximum absolute atomic E-state index is 6.20. The minimum atomic E-state index is 0.0852. The average Bonchev–Trinajstić information content (AvgIpc) is 3.44. The fraction of sp³-hybridized carbons (Fsp3) is 0.440. The number of aryl methyl sites for hydroxylation is 1. The van der Waals surface area contributed by atoms with Gasteiger partial charge in [0.05, 0.1) is 25.4 Å². The van der Waals surface area contributed by atoms with Crippen molar-refractivity contribution in [3.8, 4) is 11.1 Å². The predicted molar refractivity (Wildman–Crippen MR) is 129 cm³/mol. The Balaban J connectivity index is 1.18. The highest BCUT2D eigenvalue weighted by Gasteiger charge is 2.27. The Morgan fingerprint density at radius 2 is 1.68 bits per heavy atom. The first-order chi connectivity index (χ1) is 15.3. The van der Waals surface area contributed by atoms with Crippen molar-refractivity contribution < 1.29 is 9.47 Å². The third kappa shape index (κ3) is 4.51. The van der Waals surface area contributed by atoms with Crippen LogP contribution in [0.15, 0.2) is 41.1 Å². The molecule has 5 rings (SSSR count). The van der Waals surface area contributed by atoms with E-state index in [0.717, 1.165) is 52.0 Å². The van der Waals surface area contributed by atoms with Gasteiger partial charge in [-0.1, -0.05) is 30.3 Å². The molecule has 0 saturated heterocycles. The highest BCUT2D eigenvalue weighted by Crippen LogP contribution is 2.40. The Bertz CT molecular complexity index is 998. The molecule has 0 fully saturated rings. The molecule has 0 spiro atoms. The van der Waals surface area contributed by atoms with Gasteiger partial charge < -0.3 is 20.5 Å². The normalized spacial score (nSPS) is 20.4. The van der Waals surface area contributed by atoms with E-state index in [1.54, 1.807) is 0 Å². The van der Waals surface area contributed by atoms with E-state index >= 15 is 0 Å². The summed E-state index contributed by atoms with van der Waals surface area (Å²) >= 11 is 3.75. The smallest absolute Gasteiger partial charge is 0.0966 e. The molecule has 0 aliphatic carbocycles. The van der Waals surface area contributed by atoms with Gasteiger partial charge in [-0.15, -0.1) is 22.7 Å². The lowest BCUT2D eigenvalue weighted by molar-refractivity contribution is 0.0443. The summed E-state index contributed by atoms with van der Waals surface area (Å²) in [6.07, 6.45) is 4.45. The van der Waals surface area contributed by atoms with Gasteiger partial charge in [-0.25, -0.2) is 0 Å². The predicted octanol–water partition coefficient (Wildman–Crippen LogP) is 4.89. The van der Waals surface area contributed by atoms with Gasteiger partial charge in [0.15, 0.2) is 0 Å². The molecule has 4 nitrogen and oxygen atoms in total. The number of nitrogens with one attached hydrogen (secondary N) is 1. The summed E-state index contributed by atoms with van der Waals surface area (Å²) in [5.74, 6) is 0. The van der Waals surface area contributed by atoms with Crippen LogP contribution < -0.4 is 11.1 Å². The molecule has 2 aliphatic heterocycles. The van der Waals surface area contributed by atoms with Crippen molar-refractivity contribution in [3.63, 3.8) is 0 Å². The van der Waals surface area contributed by atoms with Crippen molar-refractivity contribution in [2.45, 2.75) is 37.9 Å². The number of benzene rings is 1. The number of fused-ring (bicyclic) bond motifs is 2. The number of rotatable bonds is 8. The summed E-state index contributed by atoms with van der Waals surface area (Å²) in [6, 6.07) is 10.7. The lowest BCUT2D eigenvalue weighted by atomic mass is 9.96. The van der Waals surface area contributed by atoms with Crippen molar-refractivity contribution in [2.75, 3.05) is 32.8 Å². The molecule has 2 aliphatic rings. The van der Waals surface area contributed by atoms with E-state index in [0.29, 0.717) is 6.54 Å². The highest BCUT2D eigenvalue weighted by atomic mass is 32.1. The second kappa shape index (κ2) is 9.94. The zero-order chi connectivity index (χ0) is 21.0. The Morgan fingerprint density at radius 3 is 2.48 bits per heavy atom. The molecule has 31 heavy (non-hydrogen) atoms. The van der Waals surface area contributed by atoms with Crippen molar-refractivity contribution in [1.29, 1.82) is 0 Å². The Labute approximate surface area is 192 Å². The fourth-order valence-electron chi connectivity index (χ4n) is 4.76. The number of ether oxygens (including phenoxy) is 2. The van der Waals surface area contributed by atoms with Crippen LogP contribution in [0.3, 0.4) is 0 Å². The molecule has 3 N–H and O–H groups in total. The largest absolute Gasteiger partial charge is 0.372 e. The van der Waals surface area contributed by atoms with E-state index in [2.05, 4.69) is 46.4 Å². The van der Waals surface area contributed by atoms with Crippen molar-refractivity contribution in [2.24, 2.45) is 5.73 Å². The third-order valence-corrected chi connectivity index (χ3v) is 8.44. The van der Waals surface area contributed by atoms with Crippen LogP contribution in [0.25, 0.3) is 11.1 Å². The van der Waals surface area contributed by atoms with Crippen molar-refractivity contribution in [1.82, 2.24) is 5.32 Å². The van der Waals surface area contributed by atoms with E-state index in [-0.39, 0.29) is 12.2 Å². The zero-order valence-electron chi connectivity index (χ0n) is 17.8. The van der Waals surface area contributed by atoms with Crippen molar-refractivity contribution in [3.05, 3.63) is 67.5 Å². The van der Waals surface area contributed by atoms with E-state index in [9.17, 15) is 0 Å². The summed E-state index contributed by atoms with van der Waals surface area (Å²) in [7, 11) is 0. The average molecular weight is 455 g/mol. The molecule has 2 aromatic heterocycles. The lowest BCUT2D eigenvalue weighted by Gasteiger charge is -2.25. The molecule has 2 unspecified atom stereocenters. The first kappa shape index (κ1) is 21.3. The van der Waals surface area contributed by atoms with Crippen LogP contribution >= 0.6 is 22.7 Å². The third-order valence-electron chi connectivity index (χ3n) is 6.27. The van der Waals surface area contributed by atoms with Gasteiger partial charge in [0.2, 0.25) is 0 Å². The minimum Gasteiger partial charge on any atom is -0.372 e. The maximum atomic E-state index is 6.20. The second-order valence-electron chi connectivity index (χ2n) is 8.21. The summed E-state index contributed by atoms with van der Waals surface area (Å²) in [5.41, 5.74) is 12.8. The Morgan fingerprint density at radius 1 is 0.935 bits per heavy atom. The van der Waals surface area contributed by atoms with Crippen molar-refractivity contribution >= 4 is 22.7 Å². The standard InChI is InChI=1S/C25H30N2O2S2/c26-13-20-24-18(15-30-22(24)8-11-28-20)7-4-10-27-14-21-25-19(17-5-2-1-3-6-17)16-31-23(25)9-12-29-21/h1-3,5-6,15-16,20-21,27H,4,7-14,26H2. The SMILES string of the molecule is NCC1OCCc2scc(CCCNCC3OCCc4scc(-c5ccccc5)c43)c21. The number of hydrogen-bond donors (Lipinski definition) is 2. The fourth-order valence-corrected chi connectivity index (χ4v) is 6.97. The molecule has 1 aromatic carbocycles. The Kier molecular flexibility index (Phi) is 6.84. The maximum Gasteiger partial charge on any atom is 0.0966 e. The first-order valence-electron chi connectivity index (χ1n) is 11.2. The van der Waals surface area contributed by atoms with Gasteiger partial charge in [0, 0.05) is 41.2 Å². The quantitative estimate of drug-likeness (QED) is 0.476. The molecule has 6 heteroatoms. The topological polar surface area (TPSA) is 56.5 Å². The van der Waals surface area contributed by atoms with Gasteiger partial charge in [0.25, 0.3) is 0 Å². The number of hydrogen-bond acceptors (Lipinski definition) is 6. The second-order valence-corrected chi connectivity index (χ2v) is 10.1. The van der Waals surface area contributed by atoms with Crippen LogP contribution in [0, 0.1) is 0 Å². The molecule has 0 amide bonds. The molecular weight excluding hydrogens is 424 g/mol. The molecule has 164 valence electrons. The molecule has 0 saturated carbocycles. The summed E-state index contributed by atoms with van der Waals surface area (Å²) in [6.45, 7) is 4.03. The molecule has 0 radical (unpaired) electrons. The van der Waals surface area contributed by atoms with Crippen LogP contribution in [0.2, 0.25) is 0 Å². The van der Waals surface area contributed by atoms with Gasteiger partial charge in [-0.2, -0.15) is 0 Å². The molecule has 3 aromatic rings. The summed E-state index contributed by atoms with van der Waals surface area (Å²) < 4.78 is 12.1. The Hall–Kier alpha value is -1.54. The van der Waals surface area contributed by atoms with E-state index in [1.165, 1.54) is 37.6 Å². The van der Waals surface area contributed by atoms with Crippen LogP contribution in [0.5, 0.6) is 0 Å². The summed E-state index contributed by atoms with van der Waals surface area (Å²) in [5, 5.41) is 8.28. The van der Waals surface area contributed by atoms with Crippen LogP contribution in [-0.4, -0.2) is 32.8 Å². The van der Waals surface area contributed by atoms with Crippen LogP contribution in [-0.2, 0) is 28.7 Å². The van der Waals surface area contributed by atoms with E-state index in [4.69, 9.17) is 15.2 Å². The van der Waals surface area contributed by atoms with Gasteiger partial charge in [0.1, 0.15) is 0 Å². The summed E-state index contributed by atoms with van der Waals surface area (Å²) in [4.78, 5) is 2.95. The molecule has 2 atom stereocenters. The molecular formula is C25H30N2O2S2. The monoisotopic (exact) mass is 454 g/mol. The highest BCUT2D eigenvalue weighted by molar-refractivity contribution is 7.10. The first-order valence-corrected chi connectivity index (χ1v) is 13.0. The number of thiophene rings is 2. The van der Waals surface area contributed by atoms with Gasteiger partial charge >= 0.3 is 0 Å². The molecule has 4 heterocycles. The lowest BCUT2D eigenvalue weighted by Crippen LogP contribution is -2.28. The van der Waals surface area contributed by atoms with Gasteiger partial charge in [-0.05, 0) is 52.4 Å². The zero-order valence-corrected chi connectivity index (χ0v) is 19.4. The van der Waals surface area contributed by atoms with E-state index in [1.807, 2.05) is 22.7 Å². The van der Waals surface area contributed by atoms with Gasteiger partial charge in [-0.3, -0.25) is 0 Å². The minimum absolute atomic E-state index is 0.0852. The van der Waals surface area contributed by atoms with E-state index < -0.39 is 0 Å².